The second kappa shape index (κ2) is 5.65. The van der Waals surface area contributed by atoms with E-state index < -0.39 is 0 Å². The molecule has 3 rings (SSSR count). The standard InChI is InChI=1S/C16H19ClN4O/c1-10-8-21(9-14-15(17)11(2)19-20(14)3)13-7-5-4-6-12(13)16(22)18-10/h4-7,10H,8-9H2,1-3H3,(H,18,22). The summed E-state index contributed by atoms with van der Waals surface area (Å²) in [6.07, 6.45) is 0. The van der Waals surface area contributed by atoms with Gasteiger partial charge in [0.1, 0.15) is 0 Å². The third-order valence-corrected chi connectivity index (χ3v) is 4.46. The summed E-state index contributed by atoms with van der Waals surface area (Å²) in [6.45, 7) is 5.25. The zero-order chi connectivity index (χ0) is 15.9. The van der Waals surface area contributed by atoms with Crippen LogP contribution < -0.4 is 10.2 Å². The zero-order valence-electron chi connectivity index (χ0n) is 12.9. The van der Waals surface area contributed by atoms with Gasteiger partial charge in [0.15, 0.2) is 0 Å². The highest BCUT2D eigenvalue weighted by atomic mass is 35.5. The van der Waals surface area contributed by atoms with E-state index in [2.05, 4.69) is 15.3 Å². The Balaban J connectivity index is 2.01. The Morgan fingerprint density at radius 1 is 1.41 bits per heavy atom. The number of nitrogens with zero attached hydrogens (tertiary/aromatic N) is 3. The van der Waals surface area contributed by atoms with Gasteiger partial charge in [-0.1, -0.05) is 23.7 Å². The molecule has 1 aromatic heterocycles. The van der Waals surface area contributed by atoms with Crippen LogP contribution in [0.15, 0.2) is 24.3 Å². The molecular weight excluding hydrogens is 300 g/mol. The molecule has 1 aliphatic heterocycles. The van der Waals surface area contributed by atoms with Crippen LogP contribution in [0, 0.1) is 6.92 Å². The Labute approximate surface area is 134 Å². The van der Waals surface area contributed by atoms with Gasteiger partial charge in [-0.3, -0.25) is 9.48 Å². The van der Waals surface area contributed by atoms with Gasteiger partial charge in [0, 0.05) is 25.3 Å². The van der Waals surface area contributed by atoms with Crippen molar-refractivity contribution in [2.45, 2.75) is 26.4 Å². The fraction of sp³-hybridized carbons (Fsp3) is 0.375. The van der Waals surface area contributed by atoms with Crippen LogP contribution in [-0.4, -0.2) is 28.3 Å². The second-order valence-electron chi connectivity index (χ2n) is 5.74. The maximum atomic E-state index is 12.3. The number of benzene rings is 1. The first kappa shape index (κ1) is 14.9. The molecule has 1 unspecified atom stereocenters. The zero-order valence-corrected chi connectivity index (χ0v) is 13.7. The maximum Gasteiger partial charge on any atom is 0.253 e. The van der Waals surface area contributed by atoms with Crippen LogP contribution in [0.2, 0.25) is 5.02 Å². The van der Waals surface area contributed by atoms with Crippen LogP contribution in [0.25, 0.3) is 0 Å². The Hall–Kier alpha value is -2.01. The summed E-state index contributed by atoms with van der Waals surface area (Å²) in [7, 11) is 1.89. The van der Waals surface area contributed by atoms with E-state index in [9.17, 15) is 4.79 Å². The molecule has 0 radical (unpaired) electrons. The minimum Gasteiger partial charge on any atom is -0.363 e. The third-order valence-electron chi connectivity index (χ3n) is 3.96. The first-order chi connectivity index (χ1) is 10.5. The van der Waals surface area contributed by atoms with Gasteiger partial charge < -0.3 is 10.2 Å². The van der Waals surface area contributed by atoms with Crippen molar-refractivity contribution in [3.05, 3.63) is 46.2 Å². The summed E-state index contributed by atoms with van der Waals surface area (Å²) in [5.74, 6) is -0.0297. The Morgan fingerprint density at radius 2 is 2.14 bits per heavy atom. The number of hydrogen-bond acceptors (Lipinski definition) is 3. The molecule has 1 amide bonds. The molecule has 0 bridgehead atoms. The average molecular weight is 319 g/mol. The molecule has 1 atom stereocenters. The summed E-state index contributed by atoms with van der Waals surface area (Å²) < 4.78 is 1.81. The number of aromatic nitrogens is 2. The van der Waals surface area contributed by atoms with Crippen molar-refractivity contribution < 1.29 is 4.79 Å². The van der Waals surface area contributed by atoms with Crippen molar-refractivity contribution in [1.82, 2.24) is 15.1 Å². The van der Waals surface area contributed by atoms with Gasteiger partial charge in [-0.05, 0) is 26.0 Å². The van der Waals surface area contributed by atoms with Crippen molar-refractivity contribution in [2.24, 2.45) is 7.05 Å². The van der Waals surface area contributed by atoms with Crippen LogP contribution in [0.3, 0.4) is 0 Å². The lowest BCUT2D eigenvalue weighted by atomic mass is 10.1. The van der Waals surface area contributed by atoms with E-state index in [1.54, 1.807) is 0 Å². The first-order valence-electron chi connectivity index (χ1n) is 7.30. The molecule has 0 fully saturated rings. The molecule has 116 valence electrons. The largest absolute Gasteiger partial charge is 0.363 e. The number of anilines is 1. The number of rotatable bonds is 2. The Bertz CT molecular complexity index is 725. The molecule has 5 nitrogen and oxygen atoms in total. The number of nitrogens with one attached hydrogen (secondary N) is 1. The van der Waals surface area contributed by atoms with Gasteiger partial charge in [-0.2, -0.15) is 5.10 Å². The van der Waals surface area contributed by atoms with Crippen LogP contribution in [0.5, 0.6) is 0 Å². The molecular formula is C16H19ClN4O. The number of amides is 1. The number of carbonyl (C=O) groups excluding carboxylic acids is 1. The van der Waals surface area contributed by atoms with E-state index in [1.165, 1.54) is 0 Å². The second-order valence-corrected chi connectivity index (χ2v) is 6.12. The number of aryl methyl sites for hydroxylation is 2. The molecule has 6 heteroatoms. The van der Waals surface area contributed by atoms with Crippen LogP contribution in [0.4, 0.5) is 5.69 Å². The highest BCUT2D eigenvalue weighted by molar-refractivity contribution is 6.31. The molecule has 0 aliphatic carbocycles. The highest BCUT2D eigenvalue weighted by Gasteiger charge is 2.25. The predicted molar refractivity (Wildman–Crippen MR) is 87.4 cm³/mol. The number of fused-ring (bicyclic) bond motifs is 1. The van der Waals surface area contributed by atoms with Crippen LogP contribution in [-0.2, 0) is 13.6 Å². The van der Waals surface area contributed by atoms with Crippen molar-refractivity contribution >= 4 is 23.2 Å². The SMILES string of the molecule is Cc1nn(C)c(CN2CC(C)NC(=O)c3ccccc32)c1Cl. The van der Waals surface area contributed by atoms with E-state index in [4.69, 9.17) is 11.6 Å². The van der Waals surface area contributed by atoms with E-state index in [-0.39, 0.29) is 11.9 Å². The van der Waals surface area contributed by atoms with Gasteiger partial charge in [-0.25, -0.2) is 0 Å². The summed E-state index contributed by atoms with van der Waals surface area (Å²) in [4.78, 5) is 14.5. The van der Waals surface area contributed by atoms with Gasteiger partial charge >= 0.3 is 0 Å². The average Bonchev–Trinajstić information content (AvgIpc) is 2.65. The molecule has 1 aromatic carbocycles. The summed E-state index contributed by atoms with van der Waals surface area (Å²) in [5.41, 5.74) is 3.40. The van der Waals surface area contributed by atoms with Gasteiger partial charge in [-0.15, -0.1) is 0 Å². The third kappa shape index (κ3) is 2.57. The molecule has 0 saturated carbocycles. The predicted octanol–water partition coefficient (Wildman–Crippen LogP) is 2.52. The van der Waals surface area contributed by atoms with E-state index >= 15 is 0 Å². The maximum absolute atomic E-state index is 12.3. The van der Waals surface area contributed by atoms with Crippen molar-refractivity contribution in [2.75, 3.05) is 11.4 Å². The molecule has 2 heterocycles. The monoisotopic (exact) mass is 318 g/mol. The molecule has 1 aliphatic rings. The fourth-order valence-corrected chi connectivity index (χ4v) is 3.12. The smallest absolute Gasteiger partial charge is 0.253 e. The number of halogens is 1. The lowest BCUT2D eigenvalue weighted by Crippen LogP contribution is -2.38. The topological polar surface area (TPSA) is 50.2 Å². The van der Waals surface area contributed by atoms with Crippen molar-refractivity contribution in [1.29, 1.82) is 0 Å². The fourth-order valence-electron chi connectivity index (χ4n) is 2.90. The summed E-state index contributed by atoms with van der Waals surface area (Å²) >= 11 is 6.37. The summed E-state index contributed by atoms with van der Waals surface area (Å²) in [5, 5.41) is 8.07. The number of carbonyl (C=O) groups is 1. The quantitative estimate of drug-likeness (QED) is 0.925. The van der Waals surface area contributed by atoms with Crippen LogP contribution in [0.1, 0.15) is 28.7 Å². The van der Waals surface area contributed by atoms with E-state index in [1.807, 2.05) is 49.8 Å². The Morgan fingerprint density at radius 3 is 2.82 bits per heavy atom. The molecule has 0 saturated heterocycles. The minimum atomic E-state index is -0.0297. The van der Waals surface area contributed by atoms with Crippen LogP contribution >= 0.6 is 11.6 Å². The normalized spacial score (nSPS) is 17.9. The minimum absolute atomic E-state index is 0.0297. The number of hydrogen-bond donors (Lipinski definition) is 1. The Kier molecular flexibility index (Phi) is 3.83. The summed E-state index contributed by atoms with van der Waals surface area (Å²) in [6, 6.07) is 7.72. The van der Waals surface area contributed by atoms with Crippen molar-refractivity contribution in [3.8, 4) is 0 Å². The first-order valence-corrected chi connectivity index (χ1v) is 7.68. The van der Waals surface area contributed by atoms with E-state index in [0.29, 0.717) is 17.1 Å². The van der Waals surface area contributed by atoms with Gasteiger partial charge in [0.2, 0.25) is 0 Å². The molecule has 0 spiro atoms. The highest BCUT2D eigenvalue weighted by Crippen LogP contribution is 2.28. The molecule has 2 aromatic rings. The van der Waals surface area contributed by atoms with Crippen molar-refractivity contribution in [3.63, 3.8) is 0 Å². The van der Waals surface area contributed by atoms with E-state index in [0.717, 1.165) is 23.6 Å². The molecule has 22 heavy (non-hydrogen) atoms. The van der Waals surface area contributed by atoms with Gasteiger partial charge in [0.25, 0.3) is 5.91 Å². The lowest BCUT2D eigenvalue weighted by molar-refractivity contribution is 0.0945. The van der Waals surface area contributed by atoms with Gasteiger partial charge in [0.05, 0.1) is 28.5 Å². The lowest BCUT2D eigenvalue weighted by Gasteiger charge is -2.26. The number of para-hydroxylation sites is 1. The molecule has 1 N–H and O–H groups in total.